The first-order valence-corrected chi connectivity index (χ1v) is 12.7. The lowest BCUT2D eigenvalue weighted by atomic mass is 9.97. The summed E-state index contributed by atoms with van der Waals surface area (Å²) < 4.78 is 5.92. The molecule has 180 valence electrons. The maximum Gasteiger partial charge on any atom is 0.233 e. The SMILES string of the molecule is CC(=O)Nc1oc(-c2cccc(-c3ccc(-c4ccc5ccccc5c4)cc3)c2O)nc1-c1ccsc1. The molecule has 1 amide bonds. The highest BCUT2D eigenvalue weighted by Crippen LogP contribution is 2.41. The molecule has 0 atom stereocenters. The zero-order valence-corrected chi connectivity index (χ0v) is 20.8. The van der Waals surface area contributed by atoms with Crippen LogP contribution in [0.4, 0.5) is 5.88 Å². The van der Waals surface area contributed by atoms with Crippen LogP contribution in [0.15, 0.2) is 106 Å². The minimum atomic E-state index is -0.261. The molecule has 0 spiro atoms. The molecule has 2 N–H and O–H groups in total. The summed E-state index contributed by atoms with van der Waals surface area (Å²) in [4.78, 5) is 16.4. The average molecular weight is 503 g/mol. The largest absolute Gasteiger partial charge is 0.506 e. The second-order valence-corrected chi connectivity index (χ2v) is 9.51. The maximum atomic E-state index is 11.7. The third kappa shape index (κ3) is 4.39. The van der Waals surface area contributed by atoms with Gasteiger partial charge in [-0.15, -0.1) is 0 Å². The van der Waals surface area contributed by atoms with Crippen molar-refractivity contribution >= 4 is 33.9 Å². The molecule has 0 unspecified atom stereocenters. The summed E-state index contributed by atoms with van der Waals surface area (Å²) in [5.41, 5.74) is 5.58. The number of amides is 1. The zero-order chi connectivity index (χ0) is 25.4. The number of oxazole rings is 1. The van der Waals surface area contributed by atoms with E-state index in [1.165, 1.54) is 29.0 Å². The van der Waals surface area contributed by atoms with Crippen LogP contribution in [-0.4, -0.2) is 16.0 Å². The first-order chi connectivity index (χ1) is 18.1. The molecule has 0 saturated carbocycles. The van der Waals surface area contributed by atoms with Gasteiger partial charge >= 0.3 is 0 Å². The molecule has 0 bridgehead atoms. The van der Waals surface area contributed by atoms with Gasteiger partial charge in [0, 0.05) is 23.4 Å². The number of para-hydroxylation sites is 1. The Morgan fingerprint density at radius 3 is 2.30 bits per heavy atom. The maximum absolute atomic E-state index is 11.7. The van der Waals surface area contributed by atoms with Crippen molar-refractivity contribution in [1.29, 1.82) is 0 Å². The number of benzene rings is 4. The molecule has 4 aromatic carbocycles. The Kier molecular flexibility index (Phi) is 5.79. The first-order valence-electron chi connectivity index (χ1n) is 11.8. The van der Waals surface area contributed by atoms with Crippen LogP contribution in [-0.2, 0) is 4.79 Å². The van der Waals surface area contributed by atoms with Gasteiger partial charge in [-0.2, -0.15) is 11.3 Å². The number of anilines is 1. The lowest BCUT2D eigenvalue weighted by Crippen LogP contribution is -2.05. The fourth-order valence-corrected chi connectivity index (χ4v) is 5.08. The van der Waals surface area contributed by atoms with Crippen molar-refractivity contribution in [1.82, 2.24) is 4.98 Å². The molecule has 6 aromatic rings. The Hall–Kier alpha value is -4.68. The molecule has 6 heteroatoms. The van der Waals surface area contributed by atoms with E-state index in [-0.39, 0.29) is 23.4 Å². The molecule has 5 nitrogen and oxygen atoms in total. The molecule has 0 aliphatic rings. The normalized spacial score (nSPS) is 11.1. The second kappa shape index (κ2) is 9.41. The van der Waals surface area contributed by atoms with E-state index in [2.05, 4.69) is 52.8 Å². The van der Waals surface area contributed by atoms with Gasteiger partial charge < -0.3 is 9.52 Å². The highest BCUT2D eigenvalue weighted by Gasteiger charge is 2.21. The summed E-state index contributed by atoms with van der Waals surface area (Å²) in [6.07, 6.45) is 0. The molecule has 0 aliphatic heterocycles. The predicted molar refractivity (Wildman–Crippen MR) is 150 cm³/mol. The summed E-state index contributed by atoms with van der Waals surface area (Å²) in [6.45, 7) is 1.42. The van der Waals surface area contributed by atoms with Gasteiger partial charge in [0.2, 0.25) is 17.7 Å². The smallest absolute Gasteiger partial charge is 0.233 e. The van der Waals surface area contributed by atoms with Crippen molar-refractivity contribution in [2.24, 2.45) is 0 Å². The van der Waals surface area contributed by atoms with Gasteiger partial charge in [-0.3, -0.25) is 10.1 Å². The number of hydrogen-bond donors (Lipinski definition) is 2. The van der Waals surface area contributed by atoms with Crippen molar-refractivity contribution in [3.8, 4) is 50.7 Å². The quantitative estimate of drug-likeness (QED) is 0.249. The van der Waals surface area contributed by atoms with Crippen LogP contribution in [0.2, 0.25) is 0 Å². The first kappa shape index (κ1) is 22.8. The average Bonchev–Trinajstić information content (AvgIpc) is 3.59. The van der Waals surface area contributed by atoms with E-state index in [1.54, 1.807) is 6.07 Å². The molecule has 2 heterocycles. The summed E-state index contributed by atoms with van der Waals surface area (Å²) in [5.74, 6) is 0.291. The Bertz CT molecular complexity index is 1740. The van der Waals surface area contributed by atoms with E-state index in [0.29, 0.717) is 16.8 Å². The number of nitrogens with one attached hydrogen (secondary N) is 1. The Morgan fingerprint density at radius 1 is 0.811 bits per heavy atom. The van der Waals surface area contributed by atoms with Crippen LogP contribution in [0, 0.1) is 0 Å². The molecule has 6 rings (SSSR count). The van der Waals surface area contributed by atoms with Crippen LogP contribution in [0.1, 0.15) is 6.92 Å². The van der Waals surface area contributed by atoms with Gasteiger partial charge in [-0.1, -0.05) is 72.8 Å². The van der Waals surface area contributed by atoms with E-state index < -0.39 is 0 Å². The van der Waals surface area contributed by atoms with Gasteiger partial charge in [0.05, 0.1) is 5.56 Å². The van der Waals surface area contributed by atoms with E-state index in [9.17, 15) is 9.90 Å². The van der Waals surface area contributed by atoms with Crippen LogP contribution in [0.5, 0.6) is 5.75 Å². The Balaban J connectivity index is 1.36. The fraction of sp³-hybridized carbons (Fsp3) is 0.0323. The number of carbonyl (C=O) groups excluding carboxylic acids is 1. The molecule has 0 saturated heterocycles. The van der Waals surface area contributed by atoms with Crippen molar-refractivity contribution in [2.45, 2.75) is 6.92 Å². The van der Waals surface area contributed by atoms with Crippen molar-refractivity contribution in [3.05, 3.63) is 102 Å². The van der Waals surface area contributed by atoms with Gasteiger partial charge in [0.1, 0.15) is 11.4 Å². The van der Waals surface area contributed by atoms with Crippen molar-refractivity contribution < 1.29 is 14.3 Å². The lowest BCUT2D eigenvalue weighted by Gasteiger charge is -2.10. The molecule has 37 heavy (non-hydrogen) atoms. The van der Waals surface area contributed by atoms with E-state index in [4.69, 9.17) is 4.42 Å². The summed E-state index contributed by atoms with van der Waals surface area (Å²) in [5, 5.41) is 20.2. The third-order valence-electron chi connectivity index (χ3n) is 6.26. The number of aromatic hydroxyl groups is 1. The predicted octanol–water partition coefficient (Wildman–Crippen LogP) is 8.22. The van der Waals surface area contributed by atoms with E-state index in [0.717, 1.165) is 22.3 Å². The number of nitrogens with zero attached hydrogens (tertiary/aromatic N) is 1. The molecular formula is C31H22N2O3S. The van der Waals surface area contributed by atoms with E-state index in [1.807, 2.05) is 53.2 Å². The Morgan fingerprint density at radius 2 is 1.54 bits per heavy atom. The standard InChI is InChI=1S/C31H22N2O3S/c1-19(34)32-31-28(25-15-16-37-18-25)33-30(36-31)27-8-4-7-26(29(27)35)22-12-9-21(10-13-22)24-14-11-20-5-2-3-6-23(20)17-24/h2-18,35H,1H3,(H,32,34). The minimum Gasteiger partial charge on any atom is -0.506 e. The van der Waals surface area contributed by atoms with Crippen LogP contribution >= 0.6 is 11.3 Å². The minimum absolute atomic E-state index is 0.0634. The number of phenolic OH excluding ortho intramolecular Hbond substituents is 1. The monoisotopic (exact) mass is 502 g/mol. The van der Waals surface area contributed by atoms with Crippen molar-refractivity contribution in [3.63, 3.8) is 0 Å². The number of thiophene rings is 1. The number of fused-ring (bicyclic) bond motifs is 1. The second-order valence-electron chi connectivity index (χ2n) is 8.73. The van der Waals surface area contributed by atoms with Crippen molar-refractivity contribution in [2.75, 3.05) is 5.32 Å². The topological polar surface area (TPSA) is 75.4 Å². The molecule has 2 aromatic heterocycles. The fourth-order valence-electron chi connectivity index (χ4n) is 4.43. The molecule has 0 aliphatic carbocycles. The molecule has 0 fully saturated rings. The summed E-state index contributed by atoms with van der Waals surface area (Å²) in [6, 6.07) is 30.2. The zero-order valence-electron chi connectivity index (χ0n) is 19.9. The van der Waals surface area contributed by atoms with Crippen LogP contribution in [0.25, 0.3) is 55.7 Å². The van der Waals surface area contributed by atoms with Crippen LogP contribution in [0.3, 0.4) is 0 Å². The number of carbonyl (C=O) groups is 1. The van der Waals surface area contributed by atoms with Crippen LogP contribution < -0.4 is 5.32 Å². The third-order valence-corrected chi connectivity index (χ3v) is 6.94. The summed E-state index contributed by atoms with van der Waals surface area (Å²) in [7, 11) is 0. The van der Waals surface area contributed by atoms with Gasteiger partial charge in [0.25, 0.3) is 0 Å². The highest BCUT2D eigenvalue weighted by molar-refractivity contribution is 7.08. The van der Waals surface area contributed by atoms with Gasteiger partial charge in [-0.25, -0.2) is 4.98 Å². The lowest BCUT2D eigenvalue weighted by molar-refractivity contribution is -0.114. The number of hydrogen-bond acceptors (Lipinski definition) is 5. The number of aromatic nitrogens is 1. The summed E-state index contributed by atoms with van der Waals surface area (Å²) >= 11 is 1.53. The Labute approximate surface area is 217 Å². The van der Waals surface area contributed by atoms with E-state index >= 15 is 0 Å². The molecular weight excluding hydrogens is 480 g/mol. The molecule has 0 radical (unpaired) electrons. The highest BCUT2D eigenvalue weighted by atomic mass is 32.1. The van der Waals surface area contributed by atoms with Gasteiger partial charge in [-0.05, 0) is 51.0 Å². The van der Waals surface area contributed by atoms with Gasteiger partial charge in [0.15, 0.2) is 0 Å². The number of rotatable bonds is 5. The number of phenols is 1.